The van der Waals surface area contributed by atoms with E-state index in [1.807, 2.05) is 77.7 Å². The van der Waals surface area contributed by atoms with Crippen molar-refractivity contribution in [2.75, 3.05) is 49.6 Å². The smallest absolute Gasteiger partial charge is 0.321 e. The van der Waals surface area contributed by atoms with Gasteiger partial charge in [0.15, 0.2) is 0 Å². The van der Waals surface area contributed by atoms with Gasteiger partial charge in [0.25, 0.3) is 5.91 Å². The van der Waals surface area contributed by atoms with Crippen LogP contribution in [-0.2, 0) is 9.59 Å². The summed E-state index contributed by atoms with van der Waals surface area (Å²) in [5.74, 6) is 0.0100. The lowest BCUT2D eigenvalue weighted by atomic mass is 9.85. The Bertz CT molecular complexity index is 1340. The number of hydrogen-bond donors (Lipinski definition) is 1. The predicted octanol–water partition coefficient (Wildman–Crippen LogP) is 4.14. The zero-order chi connectivity index (χ0) is 26.1. The number of para-hydroxylation sites is 1. The van der Waals surface area contributed by atoms with Crippen LogP contribution in [-0.4, -0.2) is 77.5 Å². The number of carbonyl (C=O) groups is 3. The van der Waals surface area contributed by atoms with Crippen molar-refractivity contribution in [2.45, 2.75) is 31.2 Å². The topological polar surface area (TPSA) is 76.2 Å². The molecule has 6 rings (SSSR count). The summed E-state index contributed by atoms with van der Waals surface area (Å²) >= 11 is 0. The molecule has 3 aromatic carbocycles. The predicted molar refractivity (Wildman–Crippen MR) is 148 cm³/mol. The van der Waals surface area contributed by atoms with E-state index < -0.39 is 5.54 Å². The van der Waals surface area contributed by atoms with Crippen LogP contribution in [0.1, 0.15) is 25.7 Å². The lowest BCUT2D eigenvalue weighted by Crippen LogP contribution is -2.58. The van der Waals surface area contributed by atoms with Crippen LogP contribution in [0.5, 0.6) is 0 Å². The standard InChI is InChI=1S/C30H33N5O3/c36-27(32-17-6-7-18-32)21-34-22-35(24-11-2-1-3-12-24)30(28(34)37)15-19-33(20-16-30)29(38)31-26-14-8-10-23-9-4-5-13-25(23)26/h1-5,8-14H,6-7,15-22H2,(H,31,38). The van der Waals surface area contributed by atoms with E-state index in [9.17, 15) is 14.4 Å². The highest BCUT2D eigenvalue weighted by Crippen LogP contribution is 2.39. The van der Waals surface area contributed by atoms with Gasteiger partial charge in [0.05, 0.1) is 12.4 Å². The molecule has 3 saturated heterocycles. The fourth-order valence-corrected chi connectivity index (χ4v) is 6.16. The SMILES string of the molecule is O=C(CN1CN(c2ccccc2)C2(CCN(C(=O)Nc3cccc4ccccc34)CC2)C1=O)N1CCCC1. The monoisotopic (exact) mass is 511 g/mol. The molecule has 196 valence electrons. The molecule has 4 amide bonds. The Morgan fingerprint density at radius 1 is 0.789 bits per heavy atom. The fourth-order valence-electron chi connectivity index (χ4n) is 6.16. The van der Waals surface area contributed by atoms with Crippen LogP contribution in [0.4, 0.5) is 16.2 Å². The summed E-state index contributed by atoms with van der Waals surface area (Å²) < 4.78 is 0. The minimum Gasteiger partial charge on any atom is -0.341 e. The van der Waals surface area contributed by atoms with Gasteiger partial charge in [0, 0.05) is 37.3 Å². The zero-order valence-corrected chi connectivity index (χ0v) is 21.5. The number of anilines is 2. The summed E-state index contributed by atoms with van der Waals surface area (Å²) in [5.41, 5.74) is 0.983. The van der Waals surface area contributed by atoms with Crippen molar-refractivity contribution in [3.8, 4) is 0 Å². The van der Waals surface area contributed by atoms with E-state index in [1.54, 1.807) is 9.80 Å². The first kappa shape index (κ1) is 24.3. The summed E-state index contributed by atoms with van der Waals surface area (Å²) in [4.78, 5) is 47.6. The van der Waals surface area contributed by atoms with Crippen LogP contribution < -0.4 is 10.2 Å². The maximum atomic E-state index is 13.9. The molecule has 3 aliphatic rings. The molecule has 0 aromatic heterocycles. The third-order valence-electron chi connectivity index (χ3n) is 8.28. The number of urea groups is 1. The van der Waals surface area contributed by atoms with Crippen molar-refractivity contribution < 1.29 is 14.4 Å². The minimum absolute atomic E-state index is 0.0111. The number of rotatable bonds is 4. The number of hydrogen-bond acceptors (Lipinski definition) is 4. The third kappa shape index (κ3) is 4.34. The first-order valence-corrected chi connectivity index (χ1v) is 13.5. The fraction of sp³-hybridized carbons (Fsp3) is 0.367. The highest BCUT2D eigenvalue weighted by molar-refractivity contribution is 6.02. The molecule has 8 nitrogen and oxygen atoms in total. The second-order valence-corrected chi connectivity index (χ2v) is 10.5. The van der Waals surface area contributed by atoms with Gasteiger partial charge in [0.1, 0.15) is 12.1 Å². The van der Waals surface area contributed by atoms with Gasteiger partial charge in [-0.3, -0.25) is 9.59 Å². The van der Waals surface area contributed by atoms with Crippen molar-refractivity contribution in [1.82, 2.24) is 14.7 Å². The van der Waals surface area contributed by atoms with Gasteiger partial charge in [-0.05, 0) is 49.3 Å². The Hall–Kier alpha value is -4.07. The average Bonchev–Trinajstić information content (AvgIpc) is 3.58. The maximum Gasteiger partial charge on any atom is 0.321 e. The molecule has 3 aromatic rings. The van der Waals surface area contributed by atoms with Crippen molar-refractivity contribution in [3.05, 3.63) is 72.8 Å². The zero-order valence-electron chi connectivity index (χ0n) is 21.5. The molecule has 0 aliphatic carbocycles. The number of amides is 4. The first-order valence-electron chi connectivity index (χ1n) is 13.5. The Labute approximate surface area is 222 Å². The lowest BCUT2D eigenvalue weighted by Gasteiger charge is -2.43. The van der Waals surface area contributed by atoms with Crippen molar-refractivity contribution in [1.29, 1.82) is 0 Å². The molecule has 1 spiro atoms. The number of nitrogens with one attached hydrogen (secondary N) is 1. The van der Waals surface area contributed by atoms with E-state index in [4.69, 9.17) is 0 Å². The van der Waals surface area contributed by atoms with Crippen molar-refractivity contribution >= 4 is 40.0 Å². The summed E-state index contributed by atoms with van der Waals surface area (Å²) in [6.07, 6.45) is 3.07. The summed E-state index contributed by atoms with van der Waals surface area (Å²) in [6.45, 7) is 2.95. The molecule has 0 atom stereocenters. The maximum absolute atomic E-state index is 13.9. The van der Waals surface area contributed by atoms with Gasteiger partial charge < -0.3 is 24.9 Å². The van der Waals surface area contributed by atoms with Crippen molar-refractivity contribution in [2.24, 2.45) is 0 Å². The van der Waals surface area contributed by atoms with Crippen LogP contribution in [0, 0.1) is 0 Å². The third-order valence-corrected chi connectivity index (χ3v) is 8.28. The van der Waals surface area contributed by atoms with E-state index in [1.165, 1.54) is 0 Å². The molecule has 38 heavy (non-hydrogen) atoms. The van der Waals surface area contributed by atoms with Crippen molar-refractivity contribution in [3.63, 3.8) is 0 Å². The second kappa shape index (κ2) is 10.0. The Morgan fingerprint density at radius 2 is 1.47 bits per heavy atom. The van der Waals surface area contributed by atoms with E-state index in [2.05, 4.69) is 10.2 Å². The highest BCUT2D eigenvalue weighted by atomic mass is 16.2. The number of nitrogens with zero attached hydrogens (tertiary/aromatic N) is 4. The Kier molecular flexibility index (Phi) is 6.39. The van der Waals surface area contributed by atoms with E-state index in [0.717, 1.165) is 48.1 Å². The van der Waals surface area contributed by atoms with Gasteiger partial charge in [-0.15, -0.1) is 0 Å². The average molecular weight is 512 g/mol. The van der Waals surface area contributed by atoms with Crippen LogP contribution in [0.2, 0.25) is 0 Å². The first-order chi connectivity index (χ1) is 18.5. The van der Waals surface area contributed by atoms with Gasteiger partial charge in [-0.1, -0.05) is 54.6 Å². The number of fused-ring (bicyclic) bond motifs is 1. The number of likely N-dealkylation sites (tertiary alicyclic amines) is 2. The van der Waals surface area contributed by atoms with Crippen LogP contribution in [0.3, 0.4) is 0 Å². The molecular formula is C30H33N5O3. The lowest BCUT2D eigenvalue weighted by molar-refractivity contribution is -0.140. The normalized spacial score (nSPS) is 19.0. The summed E-state index contributed by atoms with van der Waals surface area (Å²) in [7, 11) is 0. The Morgan fingerprint density at radius 3 is 2.24 bits per heavy atom. The van der Waals surface area contributed by atoms with Crippen LogP contribution >= 0.6 is 0 Å². The molecule has 0 radical (unpaired) electrons. The molecule has 8 heteroatoms. The van der Waals surface area contributed by atoms with Crippen LogP contribution in [0.25, 0.3) is 10.8 Å². The van der Waals surface area contributed by atoms with E-state index >= 15 is 0 Å². The van der Waals surface area contributed by atoms with E-state index in [0.29, 0.717) is 32.6 Å². The molecule has 3 fully saturated rings. The molecule has 3 aliphatic heterocycles. The molecule has 0 bridgehead atoms. The number of benzene rings is 3. The largest absolute Gasteiger partial charge is 0.341 e. The van der Waals surface area contributed by atoms with Gasteiger partial charge >= 0.3 is 6.03 Å². The second-order valence-electron chi connectivity index (χ2n) is 10.5. The number of carbonyl (C=O) groups excluding carboxylic acids is 3. The molecule has 1 N–H and O–H groups in total. The molecule has 0 unspecified atom stereocenters. The Balaban J connectivity index is 1.19. The minimum atomic E-state index is -0.761. The van der Waals surface area contributed by atoms with E-state index in [-0.39, 0.29) is 24.4 Å². The van der Waals surface area contributed by atoms with Gasteiger partial charge in [-0.2, -0.15) is 0 Å². The molecule has 3 heterocycles. The van der Waals surface area contributed by atoms with Gasteiger partial charge in [0.2, 0.25) is 5.91 Å². The molecule has 0 saturated carbocycles. The summed E-state index contributed by atoms with van der Waals surface area (Å²) in [6, 6.07) is 23.6. The molecular weight excluding hydrogens is 478 g/mol. The highest BCUT2D eigenvalue weighted by Gasteiger charge is 2.54. The van der Waals surface area contributed by atoms with Gasteiger partial charge in [-0.25, -0.2) is 4.79 Å². The summed E-state index contributed by atoms with van der Waals surface area (Å²) in [5, 5.41) is 5.15. The quantitative estimate of drug-likeness (QED) is 0.572. The van der Waals surface area contributed by atoms with Crippen LogP contribution in [0.15, 0.2) is 72.8 Å². The number of piperidine rings is 1.